The maximum Gasteiger partial charge on any atom is 0.253 e. The molecule has 1 amide bonds. The highest BCUT2D eigenvalue weighted by Crippen LogP contribution is 2.17. The van der Waals surface area contributed by atoms with Crippen molar-refractivity contribution in [3.8, 4) is 0 Å². The molecule has 0 aliphatic carbocycles. The van der Waals surface area contributed by atoms with Crippen LogP contribution in [0.5, 0.6) is 0 Å². The van der Waals surface area contributed by atoms with Gasteiger partial charge in [-0.1, -0.05) is 31.0 Å². The van der Waals surface area contributed by atoms with Gasteiger partial charge in [0.05, 0.1) is 0 Å². The Kier molecular flexibility index (Phi) is 4.52. The molecular weight excluding hydrogens is 224 g/mol. The summed E-state index contributed by atoms with van der Waals surface area (Å²) in [5.41, 5.74) is 8.64. The number of amides is 1. The van der Waals surface area contributed by atoms with Gasteiger partial charge in [0.15, 0.2) is 0 Å². The van der Waals surface area contributed by atoms with E-state index in [2.05, 4.69) is 19.9 Å². The monoisotopic (exact) mass is 248 g/mol. The number of aryl methyl sites for hydroxylation is 2. The largest absolute Gasteiger partial charge is 0.341 e. The predicted molar refractivity (Wildman–Crippen MR) is 75.7 cm³/mol. The molecule has 3 heteroatoms. The lowest BCUT2D eigenvalue weighted by Gasteiger charge is -2.29. The van der Waals surface area contributed by atoms with E-state index in [4.69, 9.17) is 5.73 Å². The van der Waals surface area contributed by atoms with Gasteiger partial charge in [0, 0.05) is 19.2 Å². The van der Waals surface area contributed by atoms with Crippen LogP contribution >= 0.6 is 0 Å². The molecule has 18 heavy (non-hydrogen) atoms. The zero-order valence-electron chi connectivity index (χ0n) is 12.1. The first-order valence-electron chi connectivity index (χ1n) is 6.29. The van der Waals surface area contributed by atoms with Crippen LogP contribution in [0.4, 0.5) is 0 Å². The van der Waals surface area contributed by atoms with Gasteiger partial charge in [0.1, 0.15) is 0 Å². The van der Waals surface area contributed by atoms with E-state index in [1.807, 2.05) is 33.0 Å². The van der Waals surface area contributed by atoms with Crippen molar-refractivity contribution in [3.63, 3.8) is 0 Å². The van der Waals surface area contributed by atoms with Gasteiger partial charge >= 0.3 is 0 Å². The Bertz CT molecular complexity index is 418. The van der Waals surface area contributed by atoms with Crippen LogP contribution in [0.1, 0.15) is 35.3 Å². The van der Waals surface area contributed by atoms with E-state index in [1.165, 1.54) is 0 Å². The first-order valence-corrected chi connectivity index (χ1v) is 6.29. The minimum absolute atomic E-state index is 0.0523. The molecule has 1 aromatic rings. The Morgan fingerprint density at radius 2 is 1.72 bits per heavy atom. The smallest absolute Gasteiger partial charge is 0.253 e. The van der Waals surface area contributed by atoms with Crippen LogP contribution in [0.25, 0.3) is 0 Å². The summed E-state index contributed by atoms with van der Waals surface area (Å²) in [6, 6.07) is 5.93. The molecule has 0 radical (unpaired) electrons. The van der Waals surface area contributed by atoms with E-state index >= 15 is 0 Å². The van der Waals surface area contributed by atoms with Gasteiger partial charge in [-0.2, -0.15) is 0 Å². The van der Waals surface area contributed by atoms with Crippen molar-refractivity contribution in [3.05, 3.63) is 34.9 Å². The van der Waals surface area contributed by atoms with Crippen LogP contribution in [0, 0.1) is 19.3 Å². The SMILES string of the molecule is Cc1cc(C)cc(C(=O)N(C)CC(C)(C)CN)c1. The van der Waals surface area contributed by atoms with Gasteiger partial charge in [0.2, 0.25) is 0 Å². The van der Waals surface area contributed by atoms with Crippen LogP contribution in [0.15, 0.2) is 18.2 Å². The zero-order chi connectivity index (χ0) is 13.9. The minimum Gasteiger partial charge on any atom is -0.341 e. The topological polar surface area (TPSA) is 46.3 Å². The Hall–Kier alpha value is -1.35. The summed E-state index contributed by atoms with van der Waals surface area (Å²) in [4.78, 5) is 14.1. The number of hydrogen-bond donors (Lipinski definition) is 1. The zero-order valence-corrected chi connectivity index (χ0v) is 12.1. The second-order valence-corrected chi connectivity index (χ2v) is 5.91. The van der Waals surface area contributed by atoms with E-state index in [0.717, 1.165) is 16.7 Å². The number of benzene rings is 1. The number of nitrogens with zero attached hydrogens (tertiary/aromatic N) is 1. The molecule has 0 bridgehead atoms. The van der Waals surface area contributed by atoms with Crippen LogP contribution in [0.2, 0.25) is 0 Å². The van der Waals surface area contributed by atoms with Crippen molar-refractivity contribution in [2.75, 3.05) is 20.1 Å². The van der Waals surface area contributed by atoms with Gasteiger partial charge < -0.3 is 10.6 Å². The third-order valence-corrected chi connectivity index (χ3v) is 3.03. The summed E-state index contributed by atoms with van der Waals surface area (Å²) in [5, 5.41) is 0. The molecule has 0 unspecified atom stereocenters. The first-order chi connectivity index (χ1) is 8.25. The van der Waals surface area contributed by atoms with Gasteiger partial charge in [-0.05, 0) is 37.9 Å². The molecule has 3 nitrogen and oxygen atoms in total. The molecule has 0 fully saturated rings. The van der Waals surface area contributed by atoms with E-state index < -0.39 is 0 Å². The minimum atomic E-state index is -0.0523. The molecule has 2 N–H and O–H groups in total. The van der Waals surface area contributed by atoms with E-state index in [1.54, 1.807) is 4.90 Å². The van der Waals surface area contributed by atoms with Crippen molar-refractivity contribution >= 4 is 5.91 Å². The number of rotatable bonds is 4. The highest BCUT2D eigenvalue weighted by molar-refractivity contribution is 5.94. The molecule has 0 aromatic heterocycles. The summed E-state index contributed by atoms with van der Waals surface area (Å²) in [6.07, 6.45) is 0. The molecule has 0 saturated heterocycles. The van der Waals surface area contributed by atoms with E-state index in [-0.39, 0.29) is 11.3 Å². The fourth-order valence-electron chi connectivity index (χ4n) is 2.10. The molecule has 0 heterocycles. The fraction of sp³-hybridized carbons (Fsp3) is 0.533. The molecular formula is C15H24N2O. The van der Waals surface area contributed by atoms with Gasteiger partial charge in [-0.25, -0.2) is 0 Å². The number of carbonyl (C=O) groups is 1. The summed E-state index contributed by atoms with van der Waals surface area (Å²) in [5.74, 6) is 0.0586. The molecule has 0 aliphatic rings. The third kappa shape index (κ3) is 3.84. The van der Waals surface area contributed by atoms with Crippen LogP contribution < -0.4 is 5.73 Å². The second kappa shape index (κ2) is 5.53. The van der Waals surface area contributed by atoms with Crippen molar-refractivity contribution < 1.29 is 4.79 Å². The molecule has 0 aliphatic heterocycles. The molecule has 1 rings (SSSR count). The predicted octanol–water partition coefficient (Wildman–Crippen LogP) is 2.36. The third-order valence-electron chi connectivity index (χ3n) is 3.03. The Labute approximate surface area is 110 Å². The van der Waals surface area contributed by atoms with Crippen LogP contribution in [-0.2, 0) is 0 Å². The number of carbonyl (C=O) groups excluding carboxylic acids is 1. The van der Waals surface area contributed by atoms with E-state index in [9.17, 15) is 4.79 Å². The van der Waals surface area contributed by atoms with Crippen LogP contribution in [-0.4, -0.2) is 30.9 Å². The summed E-state index contributed by atoms with van der Waals surface area (Å²) < 4.78 is 0. The number of hydrogen-bond acceptors (Lipinski definition) is 2. The summed E-state index contributed by atoms with van der Waals surface area (Å²) >= 11 is 0. The molecule has 0 saturated carbocycles. The lowest BCUT2D eigenvalue weighted by Crippen LogP contribution is -2.39. The molecule has 0 spiro atoms. The van der Waals surface area contributed by atoms with Crippen molar-refractivity contribution in [2.24, 2.45) is 11.1 Å². The Morgan fingerprint density at radius 3 is 2.17 bits per heavy atom. The Morgan fingerprint density at radius 1 is 1.22 bits per heavy atom. The van der Waals surface area contributed by atoms with Crippen molar-refractivity contribution in [2.45, 2.75) is 27.7 Å². The average molecular weight is 248 g/mol. The highest BCUT2D eigenvalue weighted by Gasteiger charge is 2.22. The van der Waals surface area contributed by atoms with Crippen molar-refractivity contribution in [1.29, 1.82) is 0 Å². The lowest BCUT2D eigenvalue weighted by molar-refractivity contribution is 0.0740. The van der Waals surface area contributed by atoms with Gasteiger partial charge in [0.25, 0.3) is 5.91 Å². The van der Waals surface area contributed by atoms with Crippen molar-refractivity contribution in [1.82, 2.24) is 4.90 Å². The maximum atomic E-state index is 12.3. The Balaban J connectivity index is 2.87. The summed E-state index contributed by atoms with van der Waals surface area (Å²) in [6.45, 7) is 9.38. The average Bonchev–Trinajstić information content (AvgIpc) is 2.26. The molecule has 1 aromatic carbocycles. The van der Waals surface area contributed by atoms with Gasteiger partial charge in [-0.15, -0.1) is 0 Å². The highest BCUT2D eigenvalue weighted by atomic mass is 16.2. The standard InChI is InChI=1S/C15H24N2O/c1-11-6-12(2)8-13(7-11)14(18)17(5)10-15(3,4)9-16/h6-8H,9-10,16H2,1-5H3. The second-order valence-electron chi connectivity index (χ2n) is 5.91. The number of nitrogens with two attached hydrogens (primary N) is 1. The molecule has 100 valence electrons. The maximum absolute atomic E-state index is 12.3. The molecule has 0 atom stereocenters. The summed E-state index contributed by atoms with van der Waals surface area (Å²) in [7, 11) is 1.83. The first kappa shape index (κ1) is 14.7. The van der Waals surface area contributed by atoms with E-state index in [0.29, 0.717) is 13.1 Å². The van der Waals surface area contributed by atoms with Crippen LogP contribution in [0.3, 0.4) is 0 Å². The van der Waals surface area contributed by atoms with Gasteiger partial charge in [-0.3, -0.25) is 4.79 Å². The fourth-order valence-corrected chi connectivity index (χ4v) is 2.10. The lowest BCUT2D eigenvalue weighted by atomic mass is 9.93. The normalized spacial score (nSPS) is 11.4. The quantitative estimate of drug-likeness (QED) is 0.889.